The lowest BCUT2D eigenvalue weighted by Crippen LogP contribution is -2.12. The molecule has 2 atom stereocenters. The van der Waals surface area contributed by atoms with Crippen LogP contribution < -0.4 is 5.73 Å². The highest BCUT2D eigenvalue weighted by molar-refractivity contribution is 5.92. The molecule has 0 saturated heterocycles. The average Bonchev–Trinajstić information content (AvgIpc) is 3.35. The van der Waals surface area contributed by atoms with Crippen molar-refractivity contribution in [3.63, 3.8) is 0 Å². The number of amides is 1. The summed E-state index contributed by atoms with van der Waals surface area (Å²) in [5.41, 5.74) is 6.36. The van der Waals surface area contributed by atoms with Crippen LogP contribution in [0.3, 0.4) is 0 Å². The van der Waals surface area contributed by atoms with Crippen molar-refractivity contribution in [2.24, 2.45) is 11.7 Å². The van der Waals surface area contributed by atoms with Crippen LogP contribution in [0.5, 0.6) is 0 Å². The topological polar surface area (TPSA) is 69.4 Å². The highest BCUT2D eigenvalue weighted by Crippen LogP contribution is 2.49. The fraction of sp³-hybridized carbons (Fsp3) is 0.222. The van der Waals surface area contributed by atoms with Crippen molar-refractivity contribution in [2.75, 3.05) is 0 Å². The minimum absolute atomic E-state index is 0.00515. The van der Waals surface area contributed by atoms with Crippen molar-refractivity contribution in [3.8, 4) is 0 Å². The Bertz CT molecular complexity index is 807. The lowest BCUT2D eigenvalue weighted by atomic mass is 10.1. The number of esters is 1. The summed E-state index contributed by atoms with van der Waals surface area (Å²) >= 11 is 0. The van der Waals surface area contributed by atoms with Gasteiger partial charge in [-0.1, -0.05) is 12.1 Å². The van der Waals surface area contributed by atoms with Gasteiger partial charge in [0.1, 0.15) is 18.2 Å². The van der Waals surface area contributed by atoms with Crippen LogP contribution in [0.15, 0.2) is 42.5 Å². The second kappa shape index (κ2) is 6.39. The number of primary amides is 1. The van der Waals surface area contributed by atoms with E-state index >= 15 is 0 Å². The maximum absolute atomic E-state index is 13.7. The summed E-state index contributed by atoms with van der Waals surface area (Å²) in [4.78, 5) is 23.2. The van der Waals surface area contributed by atoms with Gasteiger partial charge >= 0.3 is 5.97 Å². The van der Waals surface area contributed by atoms with Gasteiger partial charge in [-0.2, -0.15) is 0 Å². The molecule has 0 heterocycles. The van der Waals surface area contributed by atoms with E-state index < -0.39 is 29.4 Å². The Hall–Kier alpha value is -2.76. The first-order valence-electron chi connectivity index (χ1n) is 7.46. The molecule has 6 heteroatoms. The Labute approximate surface area is 137 Å². The van der Waals surface area contributed by atoms with E-state index in [1.54, 1.807) is 24.3 Å². The standard InChI is InChI=1S/C18H15F2NO3/c19-12-4-5-16(20)14(7-12)13-8-15(13)18(23)24-9-10-2-1-3-11(6-10)17(21)22/h1-7,13,15H,8-9H2,(H2,21,22)/t13-,15+/m0/s1. The molecular weight excluding hydrogens is 316 g/mol. The maximum atomic E-state index is 13.7. The SMILES string of the molecule is NC(=O)c1cccc(COC(=O)[C@@H]2C[C@H]2c2cc(F)ccc2F)c1. The summed E-state index contributed by atoms with van der Waals surface area (Å²) < 4.78 is 32.1. The normalized spacial score (nSPS) is 18.9. The van der Waals surface area contributed by atoms with E-state index in [1.165, 1.54) is 0 Å². The molecule has 1 saturated carbocycles. The van der Waals surface area contributed by atoms with Crippen LogP contribution in [0.1, 0.15) is 33.8 Å². The Morgan fingerprint density at radius 2 is 1.96 bits per heavy atom. The third-order valence-electron chi connectivity index (χ3n) is 4.04. The van der Waals surface area contributed by atoms with Gasteiger partial charge in [0.15, 0.2) is 0 Å². The molecule has 24 heavy (non-hydrogen) atoms. The molecule has 0 spiro atoms. The fourth-order valence-electron chi connectivity index (χ4n) is 2.67. The smallest absolute Gasteiger partial charge is 0.309 e. The van der Waals surface area contributed by atoms with E-state index in [-0.39, 0.29) is 18.1 Å². The number of hydrogen-bond donors (Lipinski definition) is 1. The summed E-state index contributed by atoms with van der Waals surface area (Å²) in [6.07, 6.45) is 0.431. The van der Waals surface area contributed by atoms with Crippen LogP contribution >= 0.6 is 0 Å². The zero-order chi connectivity index (χ0) is 17.3. The molecule has 0 aliphatic heterocycles. The summed E-state index contributed by atoms with van der Waals surface area (Å²) in [6, 6.07) is 9.68. The minimum Gasteiger partial charge on any atom is -0.461 e. The van der Waals surface area contributed by atoms with Gasteiger partial charge in [-0.25, -0.2) is 8.78 Å². The second-order valence-electron chi connectivity index (χ2n) is 5.79. The average molecular weight is 331 g/mol. The Kier molecular flexibility index (Phi) is 4.29. The molecule has 124 valence electrons. The molecule has 2 N–H and O–H groups in total. The van der Waals surface area contributed by atoms with Gasteiger partial charge in [0, 0.05) is 11.5 Å². The second-order valence-corrected chi connectivity index (χ2v) is 5.79. The van der Waals surface area contributed by atoms with E-state index in [0.29, 0.717) is 17.5 Å². The molecule has 0 bridgehead atoms. The van der Waals surface area contributed by atoms with Crippen LogP contribution in [-0.4, -0.2) is 11.9 Å². The number of rotatable bonds is 5. The predicted octanol–water partition coefficient (Wildman–Crippen LogP) is 2.91. The van der Waals surface area contributed by atoms with Gasteiger partial charge in [0.05, 0.1) is 5.92 Å². The molecular formula is C18H15F2NO3. The monoisotopic (exact) mass is 331 g/mol. The minimum atomic E-state index is -0.563. The molecule has 4 nitrogen and oxygen atoms in total. The molecule has 1 fully saturated rings. The Morgan fingerprint density at radius 3 is 2.71 bits per heavy atom. The van der Waals surface area contributed by atoms with Gasteiger partial charge in [-0.15, -0.1) is 0 Å². The van der Waals surface area contributed by atoms with Gasteiger partial charge in [0.2, 0.25) is 5.91 Å². The zero-order valence-corrected chi connectivity index (χ0v) is 12.7. The fourth-order valence-corrected chi connectivity index (χ4v) is 2.67. The van der Waals surface area contributed by atoms with Gasteiger partial charge < -0.3 is 10.5 Å². The molecule has 0 radical (unpaired) electrons. The summed E-state index contributed by atoms with van der Waals surface area (Å²) in [6.45, 7) is -0.00515. The number of carbonyl (C=O) groups is 2. The van der Waals surface area contributed by atoms with Crippen LogP contribution in [0.2, 0.25) is 0 Å². The van der Waals surface area contributed by atoms with E-state index in [9.17, 15) is 18.4 Å². The predicted molar refractivity (Wildman–Crippen MR) is 82.0 cm³/mol. The van der Waals surface area contributed by atoms with Crippen LogP contribution in [-0.2, 0) is 16.1 Å². The Balaban J connectivity index is 1.60. The molecule has 1 aliphatic carbocycles. The zero-order valence-electron chi connectivity index (χ0n) is 12.7. The van der Waals surface area contributed by atoms with Gasteiger partial charge in [-0.3, -0.25) is 9.59 Å². The Morgan fingerprint density at radius 1 is 1.17 bits per heavy atom. The van der Waals surface area contributed by atoms with E-state index in [2.05, 4.69) is 0 Å². The first kappa shape index (κ1) is 16.1. The maximum Gasteiger partial charge on any atom is 0.309 e. The number of benzene rings is 2. The molecule has 0 aromatic heterocycles. The van der Waals surface area contributed by atoms with E-state index in [1.807, 2.05) is 0 Å². The van der Waals surface area contributed by atoms with Crippen LogP contribution in [0.4, 0.5) is 8.78 Å². The number of halogens is 2. The number of hydrogen-bond acceptors (Lipinski definition) is 3. The first-order valence-corrected chi connectivity index (χ1v) is 7.46. The number of ether oxygens (including phenoxy) is 1. The molecule has 3 rings (SSSR count). The summed E-state index contributed by atoms with van der Waals surface area (Å²) in [7, 11) is 0. The third kappa shape index (κ3) is 3.42. The number of nitrogens with two attached hydrogens (primary N) is 1. The van der Waals surface area contributed by atoms with Crippen molar-refractivity contribution in [1.29, 1.82) is 0 Å². The summed E-state index contributed by atoms with van der Waals surface area (Å²) in [5, 5.41) is 0. The molecule has 2 aromatic carbocycles. The lowest BCUT2D eigenvalue weighted by molar-refractivity contribution is -0.146. The van der Waals surface area contributed by atoms with Crippen molar-refractivity contribution in [2.45, 2.75) is 18.9 Å². The molecule has 0 unspecified atom stereocenters. The van der Waals surface area contributed by atoms with Crippen molar-refractivity contribution in [1.82, 2.24) is 0 Å². The highest BCUT2D eigenvalue weighted by atomic mass is 19.1. The molecule has 2 aromatic rings. The van der Waals surface area contributed by atoms with Crippen LogP contribution in [0.25, 0.3) is 0 Å². The van der Waals surface area contributed by atoms with Crippen LogP contribution in [0, 0.1) is 17.6 Å². The van der Waals surface area contributed by atoms with E-state index in [4.69, 9.17) is 10.5 Å². The highest BCUT2D eigenvalue weighted by Gasteiger charge is 2.46. The first-order chi connectivity index (χ1) is 11.5. The van der Waals surface area contributed by atoms with Gasteiger partial charge in [-0.05, 0) is 47.9 Å². The summed E-state index contributed by atoms with van der Waals surface area (Å²) in [5.74, 6) is -2.91. The largest absolute Gasteiger partial charge is 0.461 e. The van der Waals surface area contributed by atoms with Crippen molar-refractivity contribution in [3.05, 3.63) is 70.8 Å². The third-order valence-corrected chi connectivity index (χ3v) is 4.04. The quantitative estimate of drug-likeness (QED) is 0.857. The van der Waals surface area contributed by atoms with Gasteiger partial charge in [0.25, 0.3) is 0 Å². The van der Waals surface area contributed by atoms with Crippen molar-refractivity contribution < 1.29 is 23.1 Å². The van der Waals surface area contributed by atoms with Crippen molar-refractivity contribution >= 4 is 11.9 Å². The number of carbonyl (C=O) groups excluding carboxylic acids is 2. The lowest BCUT2D eigenvalue weighted by Gasteiger charge is -2.06. The molecule has 1 aliphatic rings. The molecule has 1 amide bonds. The van der Waals surface area contributed by atoms with E-state index in [0.717, 1.165) is 18.2 Å².